The molecule has 2 aliphatic carbocycles. The number of likely N-dealkylation sites (tertiary alicyclic amines) is 1. The van der Waals surface area contributed by atoms with E-state index in [9.17, 15) is 36.4 Å². The van der Waals surface area contributed by atoms with Crippen molar-refractivity contribution in [2.45, 2.75) is 81.0 Å². The third-order valence-electron chi connectivity index (χ3n) is 6.90. The van der Waals surface area contributed by atoms with Crippen LogP contribution in [0.3, 0.4) is 0 Å². The van der Waals surface area contributed by atoms with Gasteiger partial charge in [0.1, 0.15) is 18.4 Å². The maximum Gasteiger partial charge on any atom is 0.249 e. The van der Waals surface area contributed by atoms with Crippen molar-refractivity contribution in [1.29, 1.82) is 0 Å². The molecule has 7 unspecified atom stereocenters. The number of fused-ring (bicyclic) bond motifs is 1. The zero-order valence-electron chi connectivity index (χ0n) is 16.8. The molecule has 7 atom stereocenters. The molecule has 4 aliphatic rings. The fraction of sp³-hybridized carbons (Fsp3) is 0.789. The number of amides is 4. The molecule has 0 aromatic rings. The highest BCUT2D eigenvalue weighted by Crippen LogP contribution is 2.40. The van der Waals surface area contributed by atoms with Crippen molar-refractivity contribution < 1.29 is 36.4 Å². The second-order valence-electron chi connectivity index (χ2n) is 8.87. The fourth-order valence-electron chi connectivity index (χ4n) is 5.20. The van der Waals surface area contributed by atoms with Crippen LogP contribution in [0, 0.1) is 11.8 Å². The van der Waals surface area contributed by atoms with E-state index in [1.807, 2.05) is 0 Å². The standard InChI is InChI=1S/C19H25F2N3O6S/c20-13-4-2-10(8-14(13)21)31(29,30)23-9-1-3-11-12(7-9)19(28)24(18(11)27)15-5-6-16(25)22-17(15)26/h9-15,23H,1-8H2,(H,22,25,26). The first kappa shape index (κ1) is 22.3. The van der Waals surface area contributed by atoms with E-state index in [4.69, 9.17) is 0 Å². The van der Waals surface area contributed by atoms with Gasteiger partial charge in [-0.3, -0.25) is 29.4 Å². The number of halogens is 2. The summed E-state index contributed by atoms with van der Waals surface area (Å²) in [5, 5.41) is 1.10. The summed E-state index contributed by atoms with van der Waals surface area (Å²) in [6, 6.07) is -1.64. The minimum absolute atomic E-state index is 0.0242. The number of piperidine rings is 1. The minimum Gasteiger partial charge on any atom is -0.295 e. The topological polar surface area (TPSA) is 130 Å². The van der Waals surface area contributed by atoms with E-state index in [0.717, 1.165) is 4.90 Å². The number of alkyl halides is 2. The molecule has 172 valence electrons. The Morgan fingerprint density at radius 3 is 2.26 bits per heavy atom. The largest absolute Gasteiger partial charge is 0.295 e. The molecule has 2 N–H and O–H groups in total. The summed E-state index contributed by atoms with van der Waals surface area (Å²) >= 11 is 0. The van der Waals surface area contributed by atoms with Crippen molar-refractivity contribution in [3.8, 4) is 0 Å². The summed E-state index contributed by atoms with van der Waals surface area (Å²) in [7, 11) is -3.92. The number of rotatable bonds is 4. The van der Waals surface area contributed by atoms with Crippen LogP contribution in [0.15, 0.2) is 0 Å². The Balaban J connectivity index is 1.43. The van der Waals surface area contributed by atoms with Crippen molar-refractivity contribution in [1.82, 2.24) is 14.9 Å². The van der Waals surface area contributed by atoms with Crippen LogP contribution < -0.4 is 10.0 Å². The van der Waals surface area contributed by atoms with E-state index in [0.29, 0.717) is 6.42 Å². The van der Waals surface area contributed by atoms with Gasteiger partial charge in [-0.25, -0.2) is 21.9 Å². The van der Waals surface area contributed by atoms with Gasteiger partial charge < -0.3 is 0 Å². The molecule has 4 fully saturated rings. The van der Waals surface area contributed by atoms with E-state index in [2.05, 4.69) is 10.0 Å². The van der Waals surface area contributed by atoms with Gasteiger partial charge in [0.05, 0.1) is 17.1 Å². The Kier molecular flexibility index (Phi) is 5.88. The summed E-state index contributed by atoms with van der Waals surface area (Å²) < 4.78 is 54.9. The molecule has 4 amide bonds. The lowest BCUT2D eigenvalue weighted by atomic mass is 9.79. The van der Waals surface area contributed by atoms with E-state index < -0.39 is 81.6 Å². The Morgan fingerprint density at radius 1 is 0.871 bits per heavy atom. The summed E-state index contributed by atoms with van der Waals surface area (Å²) in [5.41, 5.74) is 0. The third-order valence-corrected chi connectivity index (χ3v) is 8.86. The lowest BCUT2D eigenvalue weighted by Gasteiger charge is -2.32. The first-order chi connectivity index (χ1) is 14.6. The number of hydrogen-bond acceptors (Lipinski definition) is 6. The quantitative estimate of drug-likeness (QED) is 0.571. The van der Waals surface area contributed by atoms with Gasteiger partial charge in [0.2, 0.25) is 33.7 Å². The van der Waals surface area contributed by atoms with Gasteiger partial charge in [-0.05, 0) is 44.9 Å². The summed E-state index contributed by atoms with van der Waals surface area (Å²) in [6.07, 6.45) is -3.22. The fourth-order valence-corrected chi connectivity index (χ4v) is 6.96. The van der Waals surface area contributed by atoms with Gasteiger partial charge >= 0.3 is 0 Å². The van der Waals surface area contributed by atoms with Crippen LogP contribution in [0.5, 0.6) is 0 Å². The maximum absolute atomic E-state index is 13.7. The highest BCUT2D eigenvalue weighted by molar-refractivity contribution is 7.90. The van der Waals surface area contributed by atoms with Crippen molar-refractivity contribution in [3.63, 3.8) is 0 Å². The van der Waals surface area contributed by atoms with Gasteiger partial charge in [-0.1, -0.05) is 0 Å². The highest BCUT2D eigenvalue weighted by atomic mass is 32.2. The third kappa shape index (κ3) is 4.11. The zero-order valence-corrected chi connectivity index (χ0v) is 17.6. The van der Waals surface area contributed by atoms with Crippen molar-refractivity contribution >= 4 is 33.7 Å². The van der Waals surface area contributed by atoms with Gasteiger partial charge in [0, 0.05) is 12.5 Å². The minimum atomic E-state index is -3.92. The summed E-state index contributed by atoms with van der Waals surface area (Å²) in [6.45, 7) is 0. The van der Waals surface area contributed by atoms with Crippen LogP contribution in [0.4, 0.5) is 8.78 Å². The van der Waals surface area contributed by atoms with E-state index in [1.165, 1.54) is 0 Å². The normalized spacial score (nSPS) is 39.4. The number of carbonyl (C=O) groups is 4. The van der Waals surface area contributed by atoms with Crippen molar-refractivity contribution in [2.75, 3.05) is 0 Å². The number of imide groups is 2. The van der Waals surface area contributed by atoms with Crippen LogP contribution in [0.25, 0.3) is 0 Å². The number of hydrogen-bond donors (Lipinski definition) is 2. The Morgan fingerprint density at radius 2 is 1.58 bits per heavy atom. The summed E-state index contributed by atoms with van der Waals surface area (Å²) in [4.78, 5) is 50.2. The number of nitrogens with one attached hydrogen (secondary N) is 2. The zero-order chi connectivity index (χ0) is 22.5. The number of nitrogens with zero attached hydrogens (tertiary/aromatic N) is 1. The molecule has 0 spiro atoms. The van der Waals surface area contributed by atoms with Crippen LogP contribution in [-0.2, 0) is 29.2 Å². The Bertz CT molecular complexity index is 912. The van der Waals surface area contributed by atoms with Gasteiger partial charge in [0.15, 0.2) is 0 Å². The Hall–Kier alpha value is -1.95. The second kappa shape index (κ2) is 8.19. The predicted molar refractivity (Wildman–Crippen MR) is 102 cm³/mol. The Labute approximate surface area is 178 Å². The molecule has 4 rings (SSSR count). The lowest BCUT2D eigenvalue weighted by molar-refractivity contribution is -0.151. The van der Waals surface area contributed by atoms with Crippen molar-refractivity contribution in [2.24, 2.45) is 11.8 Å². The molecular formula is C19H25F2N3O6S. The molecular weight excluding hydrogens is 436 g/mol. The lowest BCUT2D eigenvalue weighted by Crippen LogP contribution is -2.54. The molecule has 2 saturated carbocycles. The van der Waals surface area contributed by atoms with Crippen molar-refractivity contribution in [3.05, 3.63) is 0 Å². The van der Waals surface area contributed by atoms with Crippen LogP contribution >= 0.6 is 0 Å². The number of carbonyl (C=O) groups excluding carboxylic acids is 4. The molecule has 2 heterocycles. The van der Waals surface area contributed by atoms with E-state index in [1.54, 1.807) is 0 Å². The monoisotopic (exact) mass is 461 g/mol. The molecule has 31 heavy (non-hydrogen) atoms. The average molecular weight is 461 g/mol. The van der Waals surface area contributed by atoms with Crippen LogP contribution in [0.2, 0.25) is 0 Å². The molecule has 0 radical (unpaired) electrons. The van der Waals surface area contributed by atoms with Gasteiger partial charge in [0.25, 0.3) is 0 Å². The average Bonchev–Trinajstić information content (AvgIpc) is 2.94. The molecule has 2 aliphatic heterocycles. The molecule has 0 bridgehead atoms. The highest BCUT2D eigenvalue weighted by Gasteiger charge is 2.54. The second-order valence-corrected chi connectivity index (χ2v) is 10.9. The van der Waals surface area contributed by atoms with Gasteiger partial charge in [-0.15, -0.1) is 0 Å². The smallest absolute Gasteiger partial charge is 0.249 e. The molecule has 0 aromatic heterocycles. The summed E-state index contributed by atoms with van der Waals surface area (Å²) in [5.74, 6) is -3.52. The number of sulfonamides is 1. The van der Waals surface area contributed by atoms with E-state index in [-0.39, 0.29) is 38.5 Å². The van der Waals surface area contributed by atoms with Gasteiger partial charge in [-0.2, -0.15) is 0 Å². The molecule has 12 heteroatoms. The molecule has 2 saturated heterocycles. The molecule has 9 nitrogen and oxygen atoms in total. The predicted octanol–water partition coefficient (Wildman–Crippen LogP) is 0.0934. The maximum atomic E-state index is 13.7. The first-order valence-corrected chi connectivity index (χ1v) is 12.1. The van der Waals surface area contributed by atoms with Crippen LogP contribution in [-0.4, -0.2) is 66.6 Å². The molecule has 0 aromatic carbocycles. The first-order valence-electron chi connectivity index (χ1n) is 10.6. The SMILES string of the molecule is O=C1CCC(N2C(=O)C3CCC(NS(=O)(=O)C4CCC(F)C(F)C4)CC3C2=O)C(=O)N1. The van der Waals surface area contributed by atoms with Crippen LogP contribution in [0.1, 0.15) is 51.4 Å². The van der Waals surface area contributed by atoms with E-state index >= 15 is 0 Å².